The molecule has 2 aromatic heterocycles. The van der Waals surface area contributed by atoms with E-state index >= 15 is 0 Å². The Morgan fingerprint density at radius 3 is 2.93 bits per heavy atom. The molecule has 0 amide bonds. The predicted octanol–water partition coefficient (Wildman–Crippen LogP) is 2.17. The van der Waals surface area contributed by atoms with Gasteiger partial charge in [-0.3, -0.25) is 9.20 Å². The van der Waals surface area contributed by atoms with E-state index in [4.69, 9.17) is 5.26 Å². The minimum absolute atomic E-state index is 0.190. The zero-order chi connectivity index (χ0) is 19.0. The van der Waals surface area contributed by atoms with Crippen molar-refractivity contribution in [3.8, 4) is 17.3 Å². The summed E-state index contributed by atoms with van der Waals surface area (Å²) < 4.78 is 15.2. The zero-order valence-electron chi connectivity index (χ0n) is 14.8. The molecule has 0 unspecified atom stereocenters. The van der Waals surface area contributed by atoms with Crippen LogP contribution in [-0.4, -0.2) is 35.1 Å². The van der Waals surface area contributed by atoms with Crippen molar-refractivity contribution in [1.29, 1.82) is 5.26 Å². The molecule has 1 N–H and O–H groups in total. The van der Waals surface area contributed by atoms with Crippen LogP contribution in [0, 0.1) is 17.1 Å². The van der Waals surface area contributed by atoms with Crippen LogP contribution in [0.5, 0.6) is 0 Å². The fraction of sp³-hybridized carbons (Fsp3) is 0.250. The predicted molar refractivity (Wildman–Crippen MR) is 101 cm³/mol. The quantitative estimate of drug-likeness (QED) is 0.755. The highest BCUT2D eigenvalue weighted by Gasteiger charge is 2.17. The van der Waals surface area contributed by atoms with Gasteiger partial charge in [-0.25, -0.2) is 9.37 Å². The molecule has 3 aromatic rings. The van der Waals surface area contributed by atoms with Gasteiger partial charge in [-0.15, -0.1) is 0 Å². The summed E-state index contributed by atoms with van der Waals surface area (Å²) in [5.41, 5.74) is 2.14. The second-order valence-corrected chi connectivity index (χ2v) is 6.74. The van der Waals surface area contributed by atoms with Gasteiger partial charge in [-0.1, -0.05) is 0 Å². The number of nitriles is 1. The molecule has 0 spiro atoms. The van der Waals surface area contributed by atoms with Gasteiger partial charge < -0.3 is 10.2 Å². The van der Waals surface area contributed by atoms with Gasteiger partial charge in [0.1, 0.15) is 11.5 Å². The second-order valence-electron chi connectivity index (χ2n) is 6.74. The van der Waals surface area contributed by atoms with Crippen molar-refractivity contribution in [3.63, 3.8) is 0 Å². The molecule has 1 aliphatic heterocycles. The number of aromatic nitrogens is 2. The van der Waals surface area contributed by atoms with E-state index in [0.29, 0.717) is 22.9 Å². The summed E-state index contributed by atoms with van der Waals surface area (Å²) in [7, 11) is 0. The van der Waals surface area contributed by atoms with E-state index in [1.165, 1.54) is 22.6 Å². The molecule has 4 rings (SSSR count). The van der Waals surface area contributed by atoms with E-state index in [9.17, 15) is 9.18 Å². The molecule has 0 radical (unpaired) electrons. The van der Waals surface area contributed by atoms with E-state index in [1.54, 1.807) is 12.3 Å². The summed E-state index contributed by atoms with van der Waals surface area (Å²) in [5.74, 6) is -0.533. The number of pyridine rings is 1. The smallest absolute Gasteiger partial charge is 0.258 e. The van der Waals surface area contributed by atoms with E-state index in [-0.39, 0.29) is 11.1 Å². The Labute approximate surface area is 155 Å². The lowest BCUT2D eigenvalue weighted by molar-refractivity contribution is 0.484. The first-order valence-corrected chi connectivity index (χ1v) is 8.76. The molecule has 6 nitrogen and oxygen atoms in total. The Hall–Kier alpha value is -3.24. The Balaban J connectivity index is 1.77. The van der Waals surface area contributed by atoms with Crippen molar-refractivity contribution in [2.75, 3.05) is 24.5 Å². The molecular formula is C20H18FN5O. The molecule has 0 aliphatic carbocycles. The standard InChI is InChI=1S/C20H18FN5O/c1-13-11-25(5-4-23-13)17-2-3-19-24-18(9-20(27)26(19)12-17)15-6-14(10-22)7-16(21)8-15/h2-3,6-9,12-13,23H,4-5,11H2,1H3/t13-/m0/s1. The molecule has 27 heavy (non-hydrogen) atoms. The highest BCUT2D eigenvalue weighted by Crippen LogP contribution is 2.21. The first-order chi connectivity index (χ1) is 13.0. The summed E-state index contributed by atoms with van der Waals surface area (Å²) in [6.07, 6.45) is 1.79. The third kappa shape index (κ3) is 3.39. The van der Waals surface area contributed by atoms with Crippen LogP contribution in [0.15, 0.2) is 47.4 Å². The lowest BCUT2D eigenvalue weighted by Gasteiger charge is -2.33. The van der Waals surface area contributed by atoms with Gasteiger partial charge in [-0.2, -0.15) is 5.26 Å². The van der Waals surface area contributed by atoms with Crippen LogP contribution in [0.25, 0.3) is 16.9 Å². The Bertz CT molecular complexity index is 1120. The number of halogens is 1. The topological polar surface area (TPSA) is 73.4 Å². The summed E-state index contributed by atoms with van der Waals surface area (Å²) >= 11 is 0. The molecule has 1 saturated heterocycles. The molecule has 136 valence electrons. The van der Waals surface area contributed by atoms with E-state index in [2.05, 4.69) is 22.1 Å². The lowest BCUT2D eigenvalue weighted by atomic mass is 10.1. The van der Waals surface area contributed by atoms with Gasteiger partial charge in [0.2, 0.25) is 0 Å². The molecule has 0 bridgehead atoms. The highest BCUT2D eigenvalue weighted by atomic mass is 19.1. The van der Waals surface area contributed by atoms with Crippen molar-refractivity contribution in [1.82, 2.24) is 14.7 Å². The fourth-order valence-electron chi connectivity index (χ4n) is 3.40. The highest BCUT2D eigenvalue weighted by molar-refractivity contribution is 5.64. The van der Waals surface area contributed by atoms with Crippen LogP contribution in [0.2, 0.25) is 0 Å². The normalized spacial score (nSPS) is 17.1. The molecule has 0 saturated carbocycles. The van der Waals surface area contributed by atoms with E-state index in [1.807, 2.05) is 12.1 Å². The van der Waals surface area contributed by atoms with Crippen molar-refractivity contribution in [3.05, 3.63) is 64.3 Å². The number of benzene rings is 1. The average molecular weight is 363 g/mol. The third-order valence-electron chi connectivity index (χ3n) is 4.70. The minimum atomic E-state index is -0.533. The number of hydrogen-bond donors (Lipinski definition) is 1. The number of fused-ring (bicyclic) bond motifs is 1. The molecule has 1 aliphatic rings. The van der Waals surface area contributed by atoms with Gasteiger partial charge in [-0.05, 0) is 37.3 Å². The van der Waals surface area contributed by atoms with Gasteiger partial charge in [0.05, 0.1) is 23.0 Å². The molecular weight excluding hydrogens is 345 g/mol. The van der Waals surface area contributed by atoms with Gasteiger partial charge in [0.25, 0.3) is 5.56 Å². The van der Waals surface area contributed by atoms with E-state index in [0.717, 1.165) is 31.4 Å². The van der Waals surface area contributed by atoms with Gasteiger partial charge >= 0.3 is 0 Å². The summed E-state index contributed by atoms with van der Waals surface area (Å²) in [5, 5.41) is 12.4. The Morgan fingerprint density at radius 2 is 2.15 bits per heavy atom. The Morgan fingerprint density at radius 1 is 1.30 bits per heavy atom. The van der Waals surface area contributed by atoms with Crippen LogP contribution in [0.3, 0.4) is 0 Å². The summed E-state index contributed by atoms with van der Waals surface area (Å²) in [6, 6.07) is 11.3. The third-order valence-corrected chi connectivity index (χ3v) is 4.70. The summed E-state index contributed by atoms with van der Waals surface area (Å²) in [4.78, 5) is 19.4. The minimum Gasteiger partial charge on any atom is -0.368 e. The second kappa shape index (κ2) is 6.82. The zero-order valence-corrected chi connectivity index (χ0v) is 14.8. The number of piperazine rings is 1. The largest absolute Gasteiger partial charge is 0.368 e. The molecule has 3 heterocycles. The van der Waals surface area contributed by atoms with Crippen molar-refractivity contribution >= 4 is 11.3 Å². The fourth-order valence-corrected chi connectivity index (χ4v) is 3.40. The molecule has 1 atom stereocenters. The van der Waals surface area contributed by atoms with Crippen LogP contribution >= 0.6 is 0 Å². The summed E-state index contributed by atoms with van der Waals surface area (Å²) in [6.45, 7) is 4.76. The number of nitrogens with one attached hydrogen (secondary N) is 1. The van der Waals surface area contributed by atoms with Crippen LogP contribution in [0.4, 0.5) is 10.1 Å². The van der Waals surface area contributed by atoms with Crippen LogP contribution in [0.1, 0.15) is 12.5 Å². The van der Waals surface area contributed by atoms with Crippen LogP contribution in [-0.2, 0) is 0 Å². The number of nitrogens with zero attached hydrogens (tertiary/aromatic N) is 4. The number of rotatable bonds is 2. The van der Waals surface area contributed by atoms with Crippen molar-refractivity contribution < 1.29 is 4.39 Å². The maximum atomic E-state index is 13.7. The first-order valence-electron chi connectivity index (χ1n) is 8.76. The number of anilines is 1. The lowest BCUT2D eigenvalue weighted by Crippen LogP contribution is -2.49. The van der Waals surface area contributed by atoms with Crippen LogP contribution < -0.4 is 15.8 Å². The SMILES string of the molecule is C[C@H]1CN(c2ccc3nc(-c4cc(F)cc(C#N)c4)cc(=O)n3c2)CCN1. The maximum absolute atomic E-state index is 13.7. The van der Waals surface area contributed by atoms with Crippen molar-refractivity contribution in [2.24, 2.45) is 0 Å². The monoisotopic (exact) mass is 363 g/mol. The van der Waals surface area contributed by atoms with Crippen molar-refractivity contribution in [2.45, 2.75) is 13.0 Å². The molecule has 1 aromatic carbocycles. The average Bonchev–Trinajstić information content (AvgIpc) is 2.67. The first kappa shape index (κ1) is 17.2. The van der Waals surface area contributed by atoms with Gasteiger partial charge in [0.15, 0.2) is 0 Å². The van der Waals surface area contributed by atoms with Gasteiger partial charge in [0, 0.05) is 43.5 Å². The maximum Gasteiger partial charge on any atom is 0.258 e. The molecule has 7 heteroatoms. The van der Waals surface area contributed by atoms with E-state index < -0.39 is 5.82 Å². The number of hydrogen-bond acceptors (Lipinski definition) is 5. The molecule has 1 fully saturated rings. The Kier molecular flexibility index (Phi) is 4.34.